The number of hydrogen-bond acceptors (Lipinski definition) is 3. The van der Waals surface area contributed by atoms with Gasteiger partial charge in [-0.15, -0.1) is 0 Å². The molecule has 5 nitrogen and oxygen atoms in total. The molecule has 1 aromatic heterocycles. The summed E-state index contributed by atoms with van der Waals surface area (Å²) in [6.07, 6.45) is 7.13. The van der Waals surface area contributed by atoms with Crippen molar-refractivity contribution in [3.63, 3.8) is 0 Å². The molecule has 3 rings (SSSR count). The van der Waals surface area contributed by atoms with E-state index >= 15 is 0 Å². The number of carbonyl (C=O) groups is 1. The van der Waals surface area contributed by atoms with Crippen molar-refractivity contribution in [3.8, 4) is 5.75 Å². The molecular formula is C19H25N3O2. The van der Waals surface area contributed by atoms with Crippen LogP contribution in [-0.2, 0) is 11.3 Å². The van der Waals surface area contributed by atoms with E-state index in [1.807, 2.05) is 34.0 Å². The molecule has 1 aliphatic heterocycles. The van der Waals surface area contributed by atoms with Gasteiger partial charge in [0.15, 0.2) is 0 Å². The van der Waals surface area contributed by atoms with Gasteiger partial charge in [-0.25, -0.2) is 0 Å². The van der Waals surface area contributed by atoms with E-state index in [2.05, 4.69) is 24.2 Å². The Morgan fingerprint density at radius 1 is 1.25 bits per heavy atom. The minimum atomic E-state index is 0.209. The second-order valence-electron chi connectivity index (χ2n) is 6.38. The Hall–Kier alpha value is -2.30. The second-order valence-corrected chi connectivity index (χ2v) is 6.38. The Morgan fingerprint density at radius 2 is 2.00 bits per heavy atom. The third-order valence-electron chi connectivity index (χ3n) is 4.46. The maximum Gasteiger partial charge on any atom is 0.222 e. The maximum absolute atomic E-state index is 12.3. The number of likely N-dealkylation sites (tertiary alicyclic amines) is 1. The average Bonchev–Trinajstić information content (AvgIpc) is 3.11. The van der Waals surface area contributed by atoms with Crippen molar-refractivity contribution in [3.05, 3.63) is 48.3 Å². The van der Waals surface area contributed by atoms with Crippen molar-refractivity contribution in [2.24, 2.45) is 0 Å². The Labute approximate surface area is 143 Å². The Balaban J connectivity index is 1.38. The Bertz CT molecular complexity index is 629. The largest absolute Gasteiger partial charge is 0.490 e. The van der Waals surface area contributed by atoms with Crippen molar-refractivity contribution in [2.45, 2.75) is 45.3 Å². The second kappa shape index (κ2) is 7.99. The molecule has 0 aliphatic carbocycles. The third kappa shape index (κ3) is 4.60. The number of piperidine rings is 1. The lowest BCUT2D eigenvalue weighted by molar-refractivity contribution is -0.133. The van der Waals surface area contributed by atoms with Gasteiger partial charge in [0.1, 0.15) is 11.9 Å². The molecule has 0 radical (unpaired) electrons. The highest BCUT2D eigenvalue weighted by Crippen LogP contribution is 2.20. The zero-order valence-electron chi connectivity index (χ0n) is 14.2. The highest BCUT2D eigenvalue weighted by molar-refractivity contribution is 5.76. The van der Waals surface area contributed by atoms with Gasteiger partial charge in [0.2, 0.25) is 5.91 Å². The molecule has 5 heteroatoms. The molecule has 0 unspecified atom stereocenters. The SMILES string of the molecule is Cc1ccc(OC2CCN(C(=O)CCCn3cccn3)CC2)cc1. The minimum absolute atomic E-state index is 0.209. The molecule has 128 valence electrons. The lowest BCUT2D eigenvalue weighted by atomic mass is 10.1. The van der Waals surface area contributed by atoms with Crippen LogP contribution in [0.2, 0.25) is 0 Å². The molecule has 1 aromatic carbocycles. The number of benzene rings is 1. The summed E-state index contributed by atoms with van der Waals surface area (Å²) in [5.41, 5.74) is 1.23. The molecular weight excluding hydrogens is 302 g/mol. The van der Waals surface area contributed by atoms with Crippen LogP contribution in [0.15, 0.2) is 42.7 Å². The summed E-state index contributed by atoms with van der Waals surface area (Å²) in [5, 5.41) is 4.16. The summed E-state index contributed by atoms with van der Waals surface area (Å²) >= 11 is 0. The van der Waals surface area contributed by atoms with E-state index in [-0.39, 0.29) is 12.0 Å². The molecule has 1 amide bonds. The maximum atomic E-state index is 12.3. The molecule has 24 heavy (non-hydrogen) atoms. The van der Waals surface area contributed by atoms with Gasteiger partial charge in [-0.2, -0.15) is 5.10 Å². The van der Waals surface area contributed by atoms with Crippen molar-refractivity contribution in [2.75, 3.05) is 13.1 Å². The van der Waals surface area contributed by atoms with E-state index in [9.17, 15) is 4.79 Å². The fourth-order valence-corrected chi connectivity index (χ4v) is 3.02. The van der Waals surface area contributed by atoms with E-state index in [4.69, 9.17) is 4.74 Å². The first-order valence-corrected chi connectivity index (χ1v) is 8.69. The predicted octanol–water partition coefficient (Wildman–Crippen LogP) is 3.04. The molecule has 0 N–H and O–H groups in total. The van der Waals surface area contributed by atoms with E-state index in [0.717, 1.165) is 44.6 Å². The third-order valence-corrected chi connectivity index (χ3v) is 4.46. The molecule has 1 fully saturated rings. The summed E-state index contributed by atoms with van der Waals surface area (Å²) in [6.45, 7) is 4.44. The summed E-state index contributed by atoms with van der Waals surface area (Å²) in [6, 6.07) is 10.1. The number of aryl methyl sites for hydroxylation is 2. The average molecular weight is 327 g/mol. The standard InChI is InChI=1S/C19H25N3O2/c1-16-5-7-17(8-6-16)24-18-9-14-21(15-10-18)19(23)4-2-12-22-13-3-11-20-22/h3,5-8,11,13,18H,2,4,9-10,12,14-15H2,1H3. The highest BCUT2D eigenvalue weighted by atomic mass is 16.5. The van der Waals surface area contributed by atoms with Gasteiger partial charge in [-0.3, -0.25) is 9.48 Å². The van der Waals surface area contributed by atoms with Crippen LogP contribution in [0.1, 0.15) is 31.2 Å². The van der Waals surface area contributed by atoms with Crippen LogP contribution < -0.4 is 4.74 Å². The van der Waals surface area contributed by atoms with Gasteiger partial charge < -0.3 is 9.64 Å². The molecule has 0 atom stereocenters. The van der Waals surface area contributed by atoms with Crippen LogP contribution in [0.5, 0.6) is 5.75 Å². The van der Waals surface area contributed by atoms with E-state index in [0.29, 0.717) is 6.42 Å². The summed E-state index contributed by atoms with van der Waals surface area (Å²) < 4.78 is 7.89. The van der Waals surface area contributed by atoms with Crippen molar-refractivity contribution < 1.29 is 9.53 Å². The van der Waals surface area contributed by atoms with Crippen molar-refractivity contribution in [1.29, 1.82) is 0 Å². The van der Waals surface area contributed by atoms with Crippen LogP contribution in [0.3, 0.4) is 0 Å². The van der Waals surface area contributed by atoms with Crippen LogP contribution in [0, 0.1) is 6.92 Å². The monoisotopic (exact) mass is 327 g/mol. The summed E-state index contributed by atoms with van der Waals surface area (Å²) in [7, 11) is 0. The first kappa shape index (κ1) is 16.6. The number of hydrogen-bond donors (Lipinski definition) is 0. The zero-order valence-corrected chi connectivity index (χ0v) is 14.2. The fourth-order valence-electron chi connectivity index (χ4n) is 3.02. The first-order valence-electron chi connectivity index (χ1n) is 8.69. The van der Waals surface area contributed by atoms with Gasteiger partial charge in [0.25, 0.3) is 0 Å². The van der Waals surface area contributed by atoms with Gasteiger partial charge in [-0.05, 0) is 31.5 Å². The smallest absolute Gasteiger partial charge is 0.222 e. The van der Waals surface area contributed by atoms with E-state index in [1.165, 1.54) is 5.56 Å². The van der Waals surface area contributed by atoms with Crippen molar-refractivity contribution in [1.82, 2.24) is 14.7 Å². The van der Waals surface area contributed by atoms with Crippen LogP contribution in [0.25, 0.3) is 0 Å². The van der Waals surface area contributed by atoms with Crippen LogP contribution in [-0.4, -0.2) is 39.8 Å². The molecule has 0 saturated carbocycles. The Kier molecular flexibility index (Phi) is 5.51. The lowest BCUT2D eigenvalue weighted by Crippen LogP contribution is -2.41. The topological polar surface area (TPSA) is 47.4 Å². The minimum Gasteiger partial charge on any atom is -0.490 e. The van der Waals surface area contributed by atoms with E-state index < -0.39 is 0 Å². The van der Waals surface area contributed by atoms with Gasteiger partial charge in [0, 0.05) is 51.3 Å². The van der Waals surface area contributed by atoms with Crippen molar-refractivity contribution >= 4 is 5.91 Å². The zero-order chi connectivity index (χ0) is 16.8. The number of ether oxygens (including phenoxy) is 1. The molecule has 2 aromatic rings. The van der Waals surface area contributed by atoms with Gasteiger partial charge >= 0.3 is 0 Å². The molecule has 0 bridgehead atoms. The fraction of sp³-hybridized carbons (Fsp3) is 0.474. The first-order chi connectivity index (χ1) is 11.7. The lowest BCUT2D eigenvalue weighted by Gasteiger charge is -2.32. The predicted molar refractivity (Wildman–Crippen MR) is 92.9 cm³/mol. The quantitative estimate of drug-likeness (QED) is 0.819. The van der Waals surface area contributed by atoms with Gasteiger partial charge in [-0.1, -0.05) is 17.7 Å². The highest BCUT2D eigenvalue weighted by Gasteiger charge is 2.23. The number of amides is 1. The normalized spacial score (nSPS) is 15.5. The molecule has 1 aliphatic rings. The number of carbonyl (C=O) groups excluding carboxylic acids is 1. The molecule has 0 spiro atoms. The summed E-state index contributed by atoms with van der Waals surface area (Å²) in [5.74, 6) is 1.17. The van der Waals surface area contributed by atoms with E-state index in [1.54, 1.807) is 6.20 Å². The molecule has 1 saturated heterocycles. The van der Waals surface area contributed by atoms with Crippen LogP contribution in [0.4, 0.5) is 0 Å². The van der Waals surface area contributed by atoms with Gasteiger partial charge in [0.05, 0.1) is 0 Å². The summed E-state index contributed by atoms with van der Waals surface area (Å²) in [4.78, 5) is 14.3. The van der Waals surface area contributed by atoms with Crippen LogP contribution >= 0.6 is 0 Å². The number of nitrogens with zero attached hydrogens (tertiary/aromatic N) is 3. The number of aromatic nitrogens is 2. The molecule has 2 heterocycles. The number of rotatable bonds is 6. The Morgan fingerprint density at radius 3 is 2.67 bits per heavy atom.